The summed E-state index contributed by atoms with van der Waals surface area (Å²) in [5.74, 6) is 5.16. The third-order valence-electron chi connectivity index (χ3n) is 3.98. The molecule has 2 amide bonds. The Bertz CT molecular complexity index is 1060. The normalized spacial score (nSPS) is 15.4. The molecule has 1 aliphatic carbocycles. The van der Waals surface area contributed by atoms with Crippen LogP contribution >= 0.6 is 23.4 Å². The summed E-state index contributed by atoms with van der Waals surface area (Å²) in [6.07, 6.45) is 6.40. The molecule has 7 nitrogen and oxygen atoms in total. The minimum Gasteiger partial charge on any atom is -0.481 e. The zero-order valence-corrected chi connectivity index (χ0v) is 17.2. The molecule has 1 aromatic carbocycles. The molecule has 150 valence electrons. The predicted octanol–water partition coefficient (Wildman–Crippen LogP) is 3.32. The largest absolute Gasteiger partial charge is 0.481 e. The number of allylic oxidation sites excluding steroid dienone is 2. The van der Waals surface area contributed by atoms with Gasteiger partial charge in [0.15, 0.2) is 5.16 Å². The van der Waals surface area contributed by atoms with E-state index in [0.717, 1.165) is 22.9 Å². The average Bonchev–Trinajstić information content (AvgIpc) is 3.07. The second kappa shape index (κ2) is 9.54. The molecule has 1 aliphatic rings. The highest BCUT2D eigenvalue weighted by molar-refractivity contribution is 7.99. The van der Waals surface area contributed by atoms with E-state index in [9.17, 15) is 9.59 Å². The third-order valence-corrected chi connectivity index (χ3v) is 5.15. The monoisotopic (exact) mass is 430 g/mol. The zero-order chi connectivity index (χ0) is 20.8. The number of nitrogens with one attached hydrogen (secondary N) is 3. The molecule has 0 fully saturated rings. The van der Waals surface area contributed by atoms with E-state index in [-0.39, 0.29) is 17.8 Å². The van der Waals surface area contributed by atoms with Gasteiger partial charge in [-0.05, 0) is 31.6 Å². The van der Waals surface area contributed by atoms with Gasteiger partial charge in [-0.3, -0.25) is 4.79 Å². The standard InChI is InChI=1S/C20H19ClN4O3S/c1-2-22-19(28)23-14-7-4-12(5-8-14)3-6-13-9-16-17(10-15(13)21)25-20(24-16)29-11-18(26)27/h4-5,7,9-10,14H,2,8,11H2,1H3,(H,24,25)(H,26,27)(H2,22,23,28). The van der Waals surface area contributed by atoms with Crippen molar-refractivity contribution in [1.29, 1.82) is 0 Å². The number of aliphatic carboxylic acids is 1. The van der Waals surface area contributed by atoms with Gasteiger partial charge in [0, 0.05) is 17.7 Å². The van der Waals surface area contributed by atoms with Crippen LogP contribution in [-0.4, -0.2) is 45.4 Å². The Morgan fingerprint density at radius 3 is 2.93 bits per heavy atom. The van der Waals surface area contributed by atoms with Crippen LogP contribution in [0, 0.1) is 11.8 Å². The fourth-order valence-corrected chi connectivity index (χ4v) is 3.46. The first-order valence-corrected chi connectivity index (χ1v) is 10.3. The van der Waals surface area contributed by atoms with Crippen LogP contribution in [0.25, 0.3) is 11.0 Å². The highest BCUT2D eigenvalue weighted by Crippen LogP contribution is 2.25. The van der Waals surface area contributed by atoms with Crippen molar-refractivity contribution in [3.63, 3.8) is 0 Å². The Morgan fingerprint density at radius 1 is 1.41 bits per heavy atom. The number of carbonyl (C=O) groups is 2. The Hall–Kier alpha value is -2.89. The van der Waals surface area contributed by atoms with E-state index in [1.165, 1.54) is 0 Å². The highest BCUT2D eigenvalue weighted by Gasteiger charge is 2.11. The molecule has 1 heterocycles. The third kappa shape index (κ3) is 5.79. The van der Waals surface area contributed by atoms with Gasteiger partial charge in [0.25, 0.3) is 0 Å². The number of nitrogens with zero attached hydrogens (tertiary/aromatic N) is 1. The van der Waals surface area contributed by atoms with Crippen LogP contribution in [0.2, 0.25) is 5.02 Å². The van der Waals surface area contributed by atoms with E-state index in [2.05, 4.69) is 32.4 Å². The number of fused-ring (bicyclic) bond motifs is 1. The summed E-state index contributed by atoms with van der Waals surface area (Å²) >= 11 is 7.44. The average molecular weight is 431 g/mol. The minimum atomic E-state index is -0.905. The molecule has 4 N–H and O–H groups in total. The van der Waals surface area contributed by atoms with Crippen molar-refractivity contribution in [2.24, 2.45) is 0 Å². The van der Waals surface area contributed by atoms with Crippen LogP contribution < -0.4 is 10.6 Å². The maximum atomic E-state index is 11.6. The number of urea groups is 1. The van der Waals surface area contributed by atoms with Crippen molar-refractivity contribution >= 4 is 46.4 Å². The van der Waals surface area contributed by atoms with Crippen LogP contribution in [0.1, 0.15) is 18.9 Å². The van der Waals surface area contributed by atoms with Crippen LogP contribution in [0.4, 0.5) is 4.79 Å². The first-order valence-electron chi connectivity index (χ1n) is 8.93. The van der Waals surface area contributed by atoms with E-state index >= 15 is 0 Å². The molecule has 1 aromatic heterocycles. The lowest BCUT2D eigenvalue weighted by molar-refractivity contribution is -0.133. The number of amides is 2. The van der Waals surface area contributed by atoms with E-state index in [1.807, 2.05) is 25.2 Å². The molecular formula is C20H19ClN4O3S. The van der Waals surface area contributed by atoms with Crippen LogP contribution in [-0.2, 0) is 4.79 Å². The molecule has 0 saturated heterocycles. The molecule has 0 aliphatic heterocycles. The number of carboxylic acid groups (broad SMARTS) is 1. The number of rotatable bonds is 5. The lowest BCUT2D eigenvalue weighted by Gasteiger charge is -2.16. The Balaban J connectivity index is 1.69. The molecular weight excluding hydrogens is 412 g/mol. The summed E-state index contributed by atoms with van der Waals surface area (Å²) in [4.78, 5) is 29.7. The number of H-pyrrole nitrogens is 1. The number of carbonyl (C=O) groups excluding carboxylic acids is 1. The fraction of sp³-hybridized carbons (Fsp3) is 0.250. The number of aromatic nitrogens is 2. The van der Waals surface area contributed by atoms with Crippen LogP contribution in [0.5, 0.6) is 0 Å². The van der Waals surface area contributed by atoms with Gasteiger partial charge in [-0.25, -0.2) is 9.78 Å². The van der Waals surface area contributed by atoms with Crippen molar-refractivity contribution in [1.82, 2.24) is 20.6 Å². The maximum Gasteiger partial charge on any atom is 0.315 e. The van der Waals surface area contributed by atoms with Gasteiger partial charge >= 0.3 is 12.0 Å². The topological polar surface area (TPSA) is 107 Å². The minimum absolute atomic E-state index is 0.0576. The highest BCUT2D eigenvalue weighted by atomic mass is 35.5. The van der Waals surface area contributed by atoms with Crippen molar-refractivity contribution in [2.75, 3.05) is 12.3 Å². The summed E-state index contributed by atoms with van der Waals surface area (Å²) in [7, 11) is 0. The number of imidazole rings is 1. The molecule has 9 heteroatoms. The van der Waals surface area contributed by atoms with Gasteiger partial charge in [-0.15, -0.1) is 0 Å². The number of aromatic amines is 1. The van der Waals surface area contributed by atoms with Crippen LogP contribution in [0.3, 0.4) is 0 Å². The smallest absolute Gasteiger partial charge is 0.315 e. The number of benzene rings is 1. The van der Waals surface area contributed by atoms with Gasteiger partial charge in [0.2, 0.25) is 0 Å². The van der Waals surface area contributed by atoms with E-state index in [4.69, 9.17) is 16.7 Å². The lowest BCUT2D eigenvalue weighted by Crippen LogP contribution is -2.41. The summed E-state index contributed by atoms with van der Waals surface area (Å²) in [6.45, 7) is 2.45. The van der Waals surface area contributed by atoms with Crippen molar-refractivity contribution in [3.05, 3.63) is 46.5 Å². The predicted molar refractivity (Wildman–Crippen MR) is 114 cm³/mol. The van der Waals surface area contributed by atoms with E-state index < -0.39 is 5.97 Å². The number of thioether (sulfide) groups is 1. The summed E-state index contributed by atoms with van der Waals surface area (Å²) in [5.41, 5.74) is 2.88. The number of halogens is 1. The summed E-state index contributed by atoms with van der Waals surface area (Å²) in [5, 5.41) is 15.3. The van der Waals surface area contributed by atoms with Crippen LogP contribution in [0.15, 0.2) is 41.1 Å². The Morgan fingerprint density at radius 2 is 2.24 bits per heavy atom. The van der Waals surface area contributed by atoms with Crippen molar-refractivity contribution in [3.8, 4) is 11.8 Å². The molecule has 0 bridgehead atoms. The number of hydrogen-bond acceptors (Lipinski definition) is 4. The van der Waals surface area contributed by atoms with E-state index in [0.29, 0.717) is 34.2 Å². The molecule has 29 heavy (non-hydrogen) atoms. The molecule has 1 atom stereocenters. The lowest BCUT2D eigenvalue weighted by atomic mass is 10.0. The van der Waals surface area contributed by atoms with Gasteiger partial charge in [0.1, 0.15) is 0 Å². The molecule has 2 aromatic rings. The van der Waals surface area contributed by atoms with Crippen molar-refractivity contribution in [2.45, 2.75) is 24.5 Å². The molecule has 0 spiro atoms. The molecule has 0 saturated carbocycles. The van der Waals surface area contributed by atoms with Gasteiger partial charge in [-0.2, -0.15) is 0 Å². The fourth-order valence-electron chi connectivity index (χ4n) is 2.64. The maximum absolute atomic E-state index is 11.6. The first kappa shape index (κ1) is 20.8. The summed E-state index contributed by atoms with van der Waals surface area (Å²) in [6, 6.07) is 3.26. The van der Waals surface area contributed by atoms with E-state index in [1.54, 1.807) is 12.1 Å². The second-order valence-electron chi connectivity index (χ2n) is 6.19. The molecule has 3 rings (SSSR count). The number of hydrogen-bond donors (Lipinski definition) is 4. The van der Waals surface area contributed by atoms with Gasteiger partial charge in [0.05, 0.1) is 27.9 Å². The second-order valence-corrected chi connectivity index (χ2v) is 7.56. The molecule has 0 radical (unpaired) electrons. The zero-order valence-electron chi connectivity index (χ0n) is 15.6. The van der Waals surface area contributed by atoms with Gasteiger partial charge in [-0.1, -0.05) is 47.4 Å². The SMILES string of the molecule is CCNC(=O)NC1C=CC(C#Cc2cc3nc(SCC(=O)O)[nH]c3cc2Cl)=CC1. The Labute approximate surface area is 177 Å². The van der Waals surface area contributed by atoms with Crippen molar-refractivity contribution < 1.29 is 14.7 Å². The molecule has 1 unspecified atom stereocenters. The quantitative estimate of drug-likeness (QED) is 0.430. The first-order chi connectivity index (χ1) is 13.9. The Kier molecular flexibility index (Phi) is 6.86. The number of carboxylic acids is 1. The summed E-state index contributed by atoms with van der Waals surface area (Å²) < 4.78 is 0. The van der Waals surface area contributed by atoms with Gasteiger partial charge < -0.3 is 20.7 Å².